The lowest BCUT2D eigenvalue weighted by atomic mass is 9.69. The number of nitrogens with zero attached hydrogens (tertiary/aromatic N) is 2. The molecular weight excluding hydrogens is 486 g/mol. The van der Waals surface area contributed by atoms with E-state index in [1.54, 1.807) is 41.5 Å². The first-order valence-corrected chi connectivity index (χ1v) is 14.0. The van der Waals surface area contributed by atoms with Crippen molar-refractivity contribution in [3.8, 4) is 0 Å². The summed E-state index contributed by atoms with van der Waals surface area (Å²) >= 11 is 0. The zero-order chi connectivity index (χ0) is 30.1. The zero-order valence-corrected chi connectivity index (χ0v) is 23.6. The van der Waals surface area contributed by atoms with E-state index in [-0.39, 0.29) is 17.1 Å². The van der Waals surface area contributed by atoms with Crippen molar-refractivity contribution in [1.82, 2.24) is 14.7 Å². The van der Waals surface area contributed by atoms with Gasteiger partial charge < -0.3 is 9.47 Å². The van der Waals surface area contributed by atoms with Crippen molar-refractivity contribution in [3.63, 3.8) is 0 Å². The fraction of sp³-hybridized carbons (Fsp3) is 0.880. The third-order valence-electron chi connectivity index (χ3n) is 7.83. The molecule has 11 heteroatoms. The quantitative estimate of drug-likeness (QED) is 0.544. The van der Waals surface area contributed by atoms with Gasteiger partial charge in [-0.1, -0.05) is 27.6 Å². The first-order chi connectivity index (χ1) is 17.3. The standard InChI is InChI=1S/C25H43N3O7S/c1-15(2)18(27(21(31)35-23(6,7)8)26-20(30)34-22(3,4)5)19(29)28-17-13-16-11-12-25(17,24(16,9)10)14-36(28,32)33/h15-18H,11-14H2,1-10H3,(H,26,30)/t16-,17-,18-,25-/m1/s1/i1D3/t15-,16-,17-,18-,25-. The molecule has 3 amide bonds. The second kappa shape index (κ2) is 8.77. The number of carbonyl (C=O) groups excluding carboxylic acids is 3. The van der Waals surface area contributed by atoms with Gasteiger partial charge in [0.25, 0.3) is 5.91 Å². The number of fused-ring (bicyclic) bond motifs is 1. The summed E-state index contributed by atoms with van der Waals surface area (Å²) in [5, 5.41) is 0.484. The number of hydrogen-bond donors (Lipinski definition) is 1. The second-order valence-electron chi connectivity index (χ2n) is 13.0. The van der Waals surface area contributed by atoms with E-state index in [4.69, 9.17) is 13.6 Å². The van der Waals surface area contributed by atoms with E-state index >= 15 is 0 Å². The Labute approximate surface area is 219 Å². The Bertz CT molecular complexity index is 1130. The predicted octanol–water partition coefficient (Wildman–Crippen LogP) is 4.05. The molecule has 0 radical (unpaired) electrons. The molecule has 2 saturated carbocycles. The topological polar surface area (TPSA) is 122 Å². The summed E-state index contributed by atoms with van der Waals surface area (Å²) in [6.07, 6.45) is -0.420. The number of nitrogens with one attached hydrogen (secondary N) is 1. The minimum atomic E-state index is -4.16. The van der Waals surface area contributed by atoms with E-state index in [2.05, 4.69) is 5.43 Å². The molecule has 36 heavy (non-hydrogen) atoms. The molecule has 2 aliphatic carbocycles. The molecule has 3 rings (SSSR count). The van der Waals surface area contributed by atoms with Crippen LogP contribution >= 0.6 is 0 Å². The Hall–Kier alpha value is -2.04. The maximum Gasteiger partial charge on any atom is 0.430 e. The Morgan fingerprint density at radius 3 is 2.19 bits per heavy atom. The monoisotopic (exact) mass is 532 g/mol. The molecule has 206 valence electrons. The lowest BCUT2D eigenvalue weighted by Crippen LogP contribution is -2.62. The summed E-state index contributed by atoms with van der Waals surface area (Å²) in [6.45, 7) is 11.9. The number of hydrazine groups is 1. The lowest BCUT2D eigenvalue weighted by molar-refractivity contribution is -0.137. The van der Waals surface area contributed by atoms with Crippen molar-refractivity contribution in [2.75, 3.05) is 5.75 Å². The van der Waals surface area contributed by atoms with E-state index in [0.29, 0.717) is 17.9 Å². The van der Waals surface area contributed by atoms with E-state index in [9.17, 15) is 22.8 Å². The lowest BCUT2D eigenvalue weighted by Gasteiger charge is -2.39. The van der Waals surface area contributed by atoms with Gasteiger partial charge in [-0.25, -0.2) is 32.7 Å². The predicted molar refractivity (Wildman–Crippen MR) is 134 cm³/mol. The van der Waals surface area contributed by atoms with Crippen molar-refractivity contribution in [1.29, 1.82) is 0 Å². The van der Waals surface area contributed by atoms with Crippen molar-refractivity contribution < 1.29 is 36.4 Å². The summed E-state index contributed by atoms with van der Waals surface area (Å²) in [5.41, 5.74) is -0.891. The van der Waals surface area contributed by atoms with Gasteiger partial charge in [0.2, 0.25) is 10.0 Å². The van der Waals surface area contributed by atoms with Crippen LogP contribution < -0.4 is 5.43 Å². The molecule has 3 aliphatic rings. The van der Waals surface area contributed by atoms with Crippen LogP contribution in [0.2, 0.25) is 0 Å². The van der Waals surface area contributed by atoms with Crippen LogP contribution in [0.25, 0.3) is 0 Å². The number of hydrogen-bond acceptors (Lipinski definition) is 7. The van der Waals surface area contributed by atoms with Crippen LogP contribution in [-0.4, -0.2) is 64.9 Å². The van der Waals surface area contributed by atoms with Crippen molar-refractivity contribution in [2.24, 2.45) is 22.7 Å². The van der Waals surface area contributed by atoms with Crippen LogP contribution in [0.3, 0.4) is 0 Å². The van der Waals surface area contributed by atoms with Crippen LogP contribution in [0.4, 0.5) is 9.59 Å². The number of sulfonamides is 1. The molecule has 3 fully saturated rings. The highest BCUT2D eigenvalue weighted by Gasteiger charge is 2.72. The molecule has 1 heterocycles. The minimum absolute atomic E-state index is 0.202. The van der Waals surface area contributed by atoms with Crippen molar-refractivity contribution in [2.45, 2.75) is 112 Å². The van der Waals surface area contributed by atoms with E-state index in [0.717, 1.165) is 10.7 Å². The Morgan fingerprint density at radius 1 is 1.11 bits per heavy atom. The Kier molecular flexibility index (Phi) is 5.92. The van der Waals surface area contributed by atoms with E-state index < -0.39 is 69.6 Å². The molecule has 0 aromatic carbocycles. The molecule has 0 unspecified atom stereocenters. The third kappa shape index (κ3) is 4.91. The summed E-state index contributed by atoms with van der Waals surface area (Å²) < 4.78 is 62.9. The van der Waals surface area contributed by atoms with Crippen LogP contribution in [0.5, 0.6) is 0 Å². The summed E-state index contributed by atoms with van der Waals surface area (Å²) in [4.78, 5) is 40.5. The summed E-state index contributed by atoms with van der Waals surface area (Å²) in [7, 11) is -4.16. The SMILES string of the molecule is [2H]C([2H])([2H])[C@H](C)[C@H](C(=O)N1[C@@H]2C[C@H]3CC[C@]2(CS1(=O)=O)C3(C)C)N(NC(=O)OC(C)(C)C)C(=O)OC(C)(C)C. The second-order valence-corrected chi connectivity index (χ2v) is 14.8. The van der Waals surface area contributed by atoms with Crippen LogP contribution in [-0.2, 0) is 24.3 Å². The van der Waals surface area contributed by atoms with Gasteiger partial charge in [0.15, 0.2) is 0 Å². The minimum Gasteiger partial charge on any atom is -0.443 e. The van der Waals surface area contributed by atoms with Gasteiger partial charge in [0.05, 0.1) is 11.8 Å². The average Bonchev–Trinajstić information content (AvgIpc) is 3.17. The molecule has 1 N–H and O–H groups in total. The van der Waals surface area contributed by atoms with Gasteiger partial charge in [-0.3, -0.25) is 4.79 Å². The van der Waals surface area contributed by atoms with Gasteiger partial charge in [0.1, 0.15) is 17.2 Å². The zero-order valence-electron chi connectivity index (χ0n) is 25.8. The highest BCUT2D eigenvalue weighted by atomic mass is 32.2. The van der Waals surface area contributed by atoms with Crippen molar-refractivity contribution in [3.05, 3.63) is 0 Å². The first-order valence-electron chi connectivity index (χ1n) is 13.9. The van der Waals surface area contributed by atoms with Gasteiger partial charge in [-0.15, -0.1) is 0 Å². The highest BCUT2D eigenvalue weighted by molar-refractivity contribution is 7.90. The molecule has 5 atom stereocenters. The number of rotatable bonds is 3. The maximum atomic E-state index is 14.3. The van der Waals surface area contributed by atoms with Gasteiger partial charge in [-0.2, -0.15) is 0 Å². The van der Waals surface area contributed by atoms with E-state index in [1.165, 1.54) is 6.92 Å². The van der Waals surface area contributed by atoms with Crippen LogP contribution in [0.15, 0.2) is 0 Å². The van der Waals surface area contributed by atoms with Gasteiger partial charge >= 0.3 is 12.2 Å². The fourth-order valence-electron chi connectivity index (χ4n) is 6.20. The average molecular weight is 533 g/mol. The Morgan fingerprint density at radius 2 is 1.69 bits per heavy atom. The molecule has 0 aromatic rings. The number of carbonyl (C=O) groups is 3. The highest BCUT2D eigenvalue weighted by Crippen LogP contribution is 2.70. The molecule has 1 aliphatic heterocycles. The summed E-state index contributed by atoms with van der Waals surface area (Å²) in [5.74, 6) is -2.70. The number of ether oxygens (including phenoxy) is 2. The molecule has 2 bridgehead atoms. The smallest absolute Gasteiger partial charge is 0.430 e. The fourth-order valence-corrected chi connectivity index (χ4v) is 8.75. The molecule has 0 aromatic heterocycles. The molecular formula is C25H43N3O7S. The molecule has 10 nitrogen and oxygen atoms in total. The molecule has 1 saturated heterocycles. The van der Waals surface area contributed by atoms with Gasteiger partial charge in [-0.05, 0) is 78.1 Å². The van der Waals surface area contributed by atoms with Crippen LogP contribution in [0, 0.1) is 22.7 Å². The maximum absolute atomic E-state index is 14.3. The Balaban J connectivity index is 2.12. The number of amides is 3. The normalized spacial score (nSPS) is 31.4. The summed E-state index contributed by atoms with van der Waals surface area (Å²) in [6, 6.07) is -2.59. The largest absolute Gasteiger partial charge is 0.443 e. The van der Waals surface area contributed by atoms with E-state index in [1.807, 2.05) is 13.8 Å². The third-order valence-corrected chi connectivity index (χ3v) is 9.75. The van der Waals surface area contributed by atoms with Crippen molar-refractivity contribution >= 4 is 28.1 Å². The first kappa shape index (κ1) is 24.3. The van der Waals surface area contributed by atoms with Gasteiger partial charge in [0, 0.05) is 9.53 Å². The molecule has 1 spiro atoms. The van der Waals surface area contributed by atoms with Crippen LogP contribution in [0.1, 0.15) is 92.5 Å².